The van der Waals surface area contributed by atoms with Crippen molar-refractivity contribution >= 4 is 27.2 Å². The summed E-state index contributed by atoms with van der Waals surface area (Å²) in [6.07, 6.45) is 2.41. The summed E-state index contributed by atoms with van der Waals surface area (Å²) >= 11 is 0. The molecule has 0 saturated heterocycles. The lowest BCUT2D eigenvalue weighted by atomic mass is 10.0. The van der Waals surface area contributed by atoms with Crippen molar-refractivity contribution in [2.75, 3.05) is 22.7 Å². The van der Waals surface area contributed by atoms with Crippen LogP contribution in [0.5, 0.6) is 17.2 Å². The number of aromatic nitrogens is 1. The molecular formula is C20H20N4O5S. The third-order valence-electron chi connectivity index (χ3n) is 4.75. The third kappa shape index (κ3) is 3.77. The zero-order chi connectivity index (χ0) is 21.3. The van der Waals surface area contributed by atoms with Crippen LogP contribution in [0.1, 0.15) is 11.1 Å². The molecule has 1 aliphatic rings. The maximum absolute atomic E-state index is 12.8. The van der Waals surface area contributed by atoms with Gasteiger partial charge in [-0.05, 0) is 54.3 Å². The minimum atomic E-state index is -3.89. The molecular weight excluding hydrogens is 408 g/mol. The van der Waals surface area contributed by atoms with Crippen molar-refractivity contribution in [2.24, 2.45) is 0 Å². The fraction of sp³-hybridized carbons (Fsp3) is 0.150. The maximum Gasteiger partial charge on any atom is 0.265 e. The smallest absolute Gasteiger partial charge is 0.265 e. The minimum absolute atomic E-state index is 0.0310. The molecule has 0 unspecified atom stereocenters. The molecule has 3 aromatic rings. The van der Waals surface area contributed by atoms with Crippen LogP contribution in [0.2, 0.25) is 0 Å². The van der Waals surface area contributed by atoms with Crippen LogP contribution in [0, 0.1) is 0 Å². The van der Waals surface area contributed by atoms with E-state index in [1.807, 2.05) is 0 Å². The molecule has 5 N–H and O–H groups in total. The van der Waals surface area contributed by atoms with Crippen molar-refractivity contribution in [3.8, 4) is 17.2 Å². The number of hydrogen-bond acceptors (Lipinski definition) is 8. The number of benzene rings is 2. The molecule has 1 aliphatic heterocycles. The first kappa shape index (κ1) is 19.6. The van der Waals surface area contributed by atoms with Gasteiger partial charge in [-0.3, -0.25) is 15.6 Å². The summed E-state index contributed by atoms with van der Waals surface area (Å²) < 4.78 is 33.4. The Labute approximate surface area is 173 Å². The second-order valence-electron chi connectivity index (χ2n) is 6.74. The molecule has 2 bridgehead atoms. The second-order valence-corrected chi connectivity index (χ2v) is 8.40. The van der Waals surface area contributed by atoms with E-state index in [4.69, 9.17) is 4.74 Å². The van der Waals surface area contributed by atoms with Crippen molar-refractivity contribution in [1.29, 1.82) is 0 Å². The summed E-state index contributed by atoms with van der Waals surface area (Å²) in [6, 6.07) is 11.3. The second kappa shape index (κ2) is 7.64. The Morgan fingerprint density at radius 2 is 1.83 bits per heavy atom. The van der Waals surface area contributed by atoms with Gasteiger partial charge in [0.1, 0.15) is 22.1 Å². The molecule has 0 radical (unpaired) electrons. The summed E-state index contributed by atoms with van der Waals surface area (Å²) in [5, 5.41) is 19.4. The summed E-state index contributed by atoms with van der Waals surface area (Å²) in [6.45, 7) is 0. The fourth-order valence-corrected chi connectivity index (χ4v) is 4.37. The van der Waals surface area contributed by atoms with Crippen molar-refractivity contribution in [3.05, 3.63) is 59.8 Å². The fourth-order valence-electron chi connectivity index (χ4n) is 3.21. The van der Waals surface area contributed by atoms with Crippen molar-refractivity contribution in [1.82, 2.24) is 4.98 Å². The number of fused-ring (bicyclic) bond motifs is 2. The highest BCUT2D eigenvalue weighted by Crippen LogP contribution is 2.41. The van der Waals surface area contributed by atoms with Gasteiger partial charge in [0.25, 0.3) is 10.0 Å². The first-order valence-electron chi connectivity index (χ1n) is 9.09. The number of aromatic hydroxyl groups is 2. The van der Waals surface area contributed by atoms with Crippen LogP contribution in [-0.4, -0.2) is 30.7 Å². The van der Waals surface area contributed by atoms with Gasteiger partial charge in [-0.1, -0.05) is 12.1 Å². The maximum atomic E-state index is 12.8. The highest BCUT2D eigenvalue weighted by molar-refractivity contribution is 7.92. The van der Waals surface area contributed by atoms with Crippen LogP contribution in [0.4, 0.5) is 17.2 Å². The zero-order valence-corrected chi connectivity index (χ0v) is 16.8. The van der Waals surface area contributed by atoms with E-state index in [2.05, 4.69) is 20.6 Å². The summed E-state index contributed by atoms with van der Waals surface area (Å²) in [5.74, 6) is 0.986. The average molecular weight is 428 g/mol. The van der Waals surface area contributed by atoms with Crippen LogP contribution < -0.4 is 20.3 Å². The van der Waals surface area contributed by atoms with Crippen LogP contribution in [0.25, 0.3) is 0 Å². The van der Waals surface area contributed by atoms with Crippen LogP contribution in [0.3, 0.4) is 0 Å². The van der Waals surface area contributed by atoms with Gasteiger partial charge < -0.3 is 14.9 Å². The van der Waals surface area contributed by atoms with Gasteiger partial charge in [0, 0.05) is 5.69 Å². The summed E-state index contributed by atoms with van der Waals surface area (Å²) in [5.41, 5.74) is 7.82. The molecule has 0 fully saturated rings. The Kier molecular flexibility index (Phi) is 5.00. The van der Waals surface area contributed by atoms with Crippen LogP contribution in [0.15, 0.2) is 53.6 Å². The van der Waals surface area contributed by atoms with E-state index in [-0.39, 0.29) is 16.4 Å². The van der Waals surface area contributed by atoms with E-state index >= 15 is 0 Å². The van der Waals surface area contributed by atoms with E-state index in [1.54, 1.807) is 24.3 Å². The van der Waals surface area contributed by atoms with Crippen molar-refractivity contribution in [2.45, 2.75) is 17.7 Å². The van der Waals surface area contributed by atoms with E-state index in [1.165, 1.54) is 31.5 Å². The predicted molar refractivity (Wildman–Crippen MR) is 112 cm³/mol. The first-order chi connectivity index (χ1) is 14.4. The monoisotopic (exact) mass is 428 g/mol. The highest BCUT2D eigenvalue weighted by atomic mass is 32.2. The lowest BCUT2D eigenvalue weighted by Crippen LogP contribution is -2.15. The van der Waals surface area contributed by atoms with Gasteiger partial charge in [-0.2, -0.15) is 0 Å². The Hall–Kier alpha value is -3.66. The van der Waals surface area contributed by atoms with Gasteiger partial charge in [0.05, 0.1) is 13.3 Å². The number of aryl methyl sites for hydroxylation is 2. The number of ether oxygens (including phenoxy) is 1. The predicted octanol–water partition coefficient (Wildman–Crippen LogP) is 2.84. The Morgan fingerprint density at radius 3 is 2.57 bits per heavy atom. The molecule has 1 aromatic heterocycles. The average Bonchev–Trinajstić information content (AvgIpc) is 2.99. The van der Waals surface area contributed by atoms with Gasteiger partial charge in [0.15, 0.2) is 11.6 Å². The van der Waals surface area contributed by atoms with E-state index < -0.39 is 10.0 Å². The van der Waals surface area contributed by atoms with E-state index in [9.17, 15) is 18.6 Å². The molecule has 0 saturated carbocycles. The normalized spacial score (nSPS) is 12.2. The van der Waals surface area contributed by atoms with Gasteiger partial charge in [-0.15, -0.1) is 0 Å². The van der Waals surface area contributed by atoms with Crippen LogP contribution in [-0.2, 0) is 22.9 Å². The molecule has 4 rings (SSSR count). The van der Waals surface area contributed by atoms with E-state index in [0.717, 1.165) is 5.56 Å². The number of anilines is 3. The number of nitrogens with one attached hydrogen (secondary N) is 3. The molecule has 0 atom stereocenters. The Balaban J connectivity index is 1.47. The molecule has 2 heterocycles. The highest BCUT2D eigenvalue weighted by Gasteiger charge is 2.29. The lowest BCUT2D eigenvalue weighted by molar-refractivity contribution is 0.418. The topological polar surface area (TPSA) is 133 Å². The number of hydrogen-bond donors (Lipinski definition) is 5. The molecule has 30 heavy (non-hydrogen) atoms. The Morgan fingerprint density at radius 1 is 1.07 bits per heavy atom. The quantitative estimate of drug-likeness (QED) is 0.363. The summed E-state index contributed by atoms with van der Waals surface area (Å²) in [4.78, 5) is 4.02. The number of sulfonamides is 1. The number of rotatable bonds is 7. The molecule has 0 spiro atoms. The molecule has 156 valence electrons. The molecule has 10 heteroatoms. The van der Waals surface area contributed by atoms with Gasteiger partial charge in [0.2, 0.25) is 0 Å². The SMILES string of the molecule is COc1c2ncc(S(=O)(=O)Nc3ccc(CCc4cc(O)ccc4O)cc3)c1NN2. The zero-order valence-electron chi connectivity index (χ0n) is 16.0. The number of pyridine rings is 1. The van der Waals surface area contributed by atoms with Gasteiger partial charge >= 0.3 is 0 Å². The van der Waals surface area contributed by atoms with Crippen molar-refractivity contribution < 1.29 is 23.4 Å². The molecule has 0 amide bonds. The van der Waals surface area contributed by atoms with E-state index in [0.29, 0.717) is 41.3 Å². The standard InChI is InChI=1S/C20H20N4O5S/c1-29-19-18-17(11-21-20(19)23-22-18)30(27,28)24-14-6-3-12(4-7-14)2-5-13-10-15(25)8-9-16(13)26/h3-4,6-11,24-26H,2,5H2,1H3,(H2,21,22,23). The molecule has 9 nitrogen and oxygen atoms in total. The molecule has 0 aliphatic carbocycles. The number of phenols is 2. The number of phenolic OH excluding ortho intramolecular Hbond substituents is 2. The molecule has 2 aromatic carbocycles. The Bertz CT molecular complexity index is 1200. The minimum Gasteiger partial charge on any atom is -0.508 e. The third-order valence-corrected chi connectivity index (χ3v) is 6.14. The number of hydrazine groups is 1. The van der Waals surface area contributed by atoms with Crippen molar-refractivity contribution in [3.63, 3.8) is 0 Å². The number of methoxy groups -OCH3 is 1. The van der Waals surface area contributed by atoms with Crippen LogP contribution >= 0.6 is 0 Å². The summed E-state index contributed by atoms with van der Waals surface area (Å²) in [7, 11) is -2.45. The largest absolute Gasteiger partial charge is 0.508 e. The lowest BCUT2D eigenvalue weighted by Gasteiger charge is -2.11. The van der Waals surface area contributed by atoms with Gasteiger partial charge in [-0.25, -0.2) is 13.4 Å². The first-order valence-corrected chi connectivity index (χ1v) is 10.6. The number of nitrogens with zero attached hydrogens (tertiary/aromatic N) is 1.